The Labute approximate surface area is 108 Å². The average Bonchev–Trinajstić information content (AvgIpc) is 2.27. The molecule has 5 heteroatoms. The van der Waals surface area contributed by atoms with E-state index >= 15 is 0 Å². The Morgan fingerprint density at radius 1 is 1.00 bits per heavy atom. The minimum absolute atomic E-state index is 0.219. The summed E-state index contributed by atoms with van der Waals surface area (Å²) < 4.78 is 18.3. The number of nitrogens with two attached hydrogens (primary N) is 1. The summed E-state index contributed by atoms with van der Waals surface area (Å²) in [5, 5.41) is 0.816. The number of halogens is 3. The molecule has 0 aromatic heterocycles. The number of anilines is 1. The van der Waals surface area contributed by atoms with Crippen molar-refractivity contribution in [3.05, 3.63) is 52.3 Å². The molecule has 2 aromatic carbocycles. The highest BCUT2D eigenvalue weighted by molar-refractivity contribution is 6.42. The summed E-state index contributed by atoms with van der Waals surface area (Å²) in [7, 11) is 0. The molecule has 2 rings (SSSR count). The van der Waals surface area contributed by atoms with Gasteiger partial charge in [-0.3, -0.25) is 0 Å². The van der Waals surface area contributed by atoms with E-state index in [9.17, 15) is 4.39 Å². The van der Waals surface area contributed by atoms with Crippen LogP contribution in [0.25, 0.3) is 0 Å². The van der Waals surface area contributed by atoms with E-state index in [-0.39, 0.29) is 5.69 Å². The number of hydrogen-bond acceptors (Lipinski definition) is 2. The van der Waals surface area contributed by atoms with Crippen LogP contribution in [0.4, 0.5) is 10.1 Å². The predicted molar refractivity (Wildman–Crippen MR) is 67.3 cm³/mol. The monoisotopic (exact) mass is 271 g/mol. The fraction of sp³-hybridized carbons (Fsp3) is 0. The summed E-state index contributed by atoms with van der Waals surface area (Å²) in [5.74, 6) is 0.437. The van der Waals surface area contributed by atoms with Gasteiger partial charge in [0.05, 0.1) is 15.7 Å². The molecule has 0 saturated heterocycles. The first-order valence-corrected chi connectivity index (χ1v) is 5.50. The second-order valence-electron chi connectivity index (χ2n) is 3.36. The van der Waals surface area contributed by atoms with Gasteiger partial charge in [0.1, 0.15) is 11.6 Å². The average molecular weight is 272 g/mol. The van der Waals surface area contributed by atoms with E-state index in [1.165, 1.54) is 18.2 Å². The lowest BCUT2D eigenvalue weighted by atomic mass is 10.3. The molecule has 17 heavy (non-hydrogen) atoms. The summed E-state index contributed by atoms with van der Waals surface area (Å²) in [6.07, 6.45) is 0. The van der Waals surface area contributed by atoms with Gasteiger partial charge in [0, 0.05) is 12.1 Å². The Balaban J connectivity index is 2.28. The van der Waals surface area contributed by atoms with E-state index in [0.29, 0.717) is 21.5 Å². The Morgan fingerprint density at radius 2 is 1.76 bits per heavy atom. The SMILES string of the molecule is Nc1cc(F)ccc1Oc1ccc(Cl)c(Cl)c1. The van der Waals surface area contributed by atoms with E-state index in [1.54, 1.807) is 18.2 Å². The molecule has 0 aliphatic heterocycles. The van der Waals surface area contributed by atoms with Crippen LogP contribution in [0.15, 0.2) is 36.4 Å². The Kier molecular flexibility index (Phi) is 3.41. The van der Waals surface area contributed by atoms with Gasteiger partial charge >= 0.3 is 0 Å². The second kappa shape index (κ2) is 4.82. The fourth-order valence-electron chi connectivity index (χ4n) is 1.28. The topological polar surface area (TPSA) is 35.2 Å². The van der Waals surface area contributed by atoms with Crippen molar-refractivity contribution in [3.8, 4) is 11.5 Å². The Hall–Kier alpha value is -1.45. The zero-order valence-corrected chi connectivity index (χ0v) is 10.1. The third kappa shape index (κ3) is 2.81. The molecule has 0 radical (unpaired) electrons. The number of nitrogen functional groups attached to an aromatic ring is 1. The number of rotatable bonds is 2. The van der Waals surface area contributed by atoms with Crippen molar-refractivity contribution < 1.29 is 9.13 Å². The van der Waals surface area contributed by atoms with E-state index in [2.05, 4.69) is 0 Å². The zero-order chi connectivity index (χ0) is 12.4. The molecule has 2 aromatic rings. The fourth-order valence-corrected chi connectivity index (χ4v) is 1.57. The number of ether oxygens (including phenoxy) is 1. The minimum Gasteiger partial charge on any atom is -0.455 e. The first kappa shape index (κ1) is 12.0. The van der Waals surface area contributed by atoms with Gasteiger partial charge in [0.2, 0.25) is 0 Å². The molecule has 0 heterocycles. The summed E-state index contributed by atoms with van der Waals surface area (Å²) in [5.41, 5.74) is 5.83. The maximum atomic E-state index is 12.8. The van der Waals surface area contributed by atoms with Crippen LogP contribution in [0.5, 0.6) is 11.5 Å². The molecule has 2 N–H and O–H groups in total. The van der Waals surface area contributed by atoms with Crippen LogP contribution < -0.4 is 10.5 Å². The quantitative estimate of drug-likeness (QED) is 0.816. The number of benzene rings is 2. The van der Waals surface area contributed by atoms with Crippen molar-refractivity contribution in [3.63, 3.8) is 0 Å². The van der Waals surface area contributed by atoms with E-state index < -0.39 is 5.82 Å². The smallest absolute Gasteiger partial charge is 0.150 e. The normalized spacial score (nSPS) is 10.3. The predicted octanol–water partition coefficient (Wildman–Crippen LogP) is 4.51. The van der Waals surface area contributed by atoms with Crippen LogP contribution in [0, 0.1) is 5.82 Å². The van der Waals surface area contributed by atoms with Crippen molar-refractivity contribution >= 4 is 28.9 Å². The first-order chi connectivity index (χ1) is 8.06. The van der Waals surface area contributed by atoms with Crippen molar-refractivity contribution in [2.24, 2.45) is 0 Å². The summed E-state index contributed by atoms with van der Waals surface area (Å²) in [4.78, 5) is 0. The van der Waals surface area contributed by atoms with Crippen LogP contribution in [0.2, 0.25) is 10.0 Å². The first-order valence-electron chi connectivity index (χ1n) is 4.74. The minimum atomic E-state index is -0.413. The maximum absolute atomic E-state index is 12.8. The van der Waals surface area contributed by atoms with Gasteiger partial charge in [-0.2, -0.15) is 0 Å². The van der Waals surface area contributed by atoms with Gasteiger partial charge < -0.3 is 10.5 Å². The molecule has 0 saturated carbocycles. The van der Waals surface area contributed by atoms with Gasteiger partial charge in [-0.25, -0.2) is 4.39 Å². The molecule has 0 amide bonds. The third-order valence-electron chi connectivity index (χ3n) is 2.09. The maximum Gasteiger partial charge on any atom is 0.150 e. The van der Waals surface area contributed by atoms with Crippen LogP contribution in [-0.4, -0.2) is 0 Å². The molecule has 2 nitrogen and oxygen atoms in total. The molecule has 0 bridgehead atoms. The highest BCUT2D eigenvalue weighted by Crippen LogP contribution is 2.32. The van der Waals surface area contributed by atoms with Crippen molar-refractivity contribution in [2.75, 3.05) is 5.73 Å². The highest BCUT2D eigenvalue weighted by Gasteiger charge is 2.05. The van der Waals surface area contributed by atoms with Crippen molar-refractivity contribution in [1.29, 1.82) is 0 Å². The molecular weight excluding hydrogens is 264 g/mol. The third-order valence-corrected chi connectivity index (χ3v) is 2.83. The van der Waals surface area contributed by atoms with Crippen LogP contribution in [0.1, 0.15) is 0 Å². The van der Waals surface area contributed by atoms with Gasteiger partial charge in [-0.05, 0) is 24.3 Å². The lowest BCUT2D eigenvalue weighted by Gasteiger charge is -2.09. The van der Waals surface area contributed by atoms with Crippen LogP contribution >= 0.6 is 23.2 Å². The molecular formula is C12H8Cl2FNO. The molecule has 0 atom stereocenters. The van der Waals surface area contributed by atoms with E-state index in [0.717, 1.165) is 0 Å². The molecule has 0 aliphatic rings. The van der Waals surface area contributed by atoms with Crippen molar-refractivity contribution in [1.82, 2.24) is 0 Å². The summed E-state index contributed by atoms with van der Waals surface area (Å²) >= 11 is 11.6. The Bertz CT molecular complexity index is 560. The Morgan fingerprint density at radius 3 is 2.41 bits per heavy atom. The standard InChI is InChI=1S/C12H8Cl2FNO/c13-9-3-2-8(6-10(9)14)17-12-4-1-7(15)5-11(12)16/h1-6H,16H2. The lowest BCUT2D eigenvalue weighted by Crippen LogP contribution is -1.92. The highest BCUT2D eigenvalue weighted by atomic mass is 35.5. The van der Waals surface area contributed by atoms with E-state index in [4.69, 9.17) is 33.7 Å². The molecule has 0 spiro atoms. The molecule has 0 fully saturated rings. The van der Waals surface area contributed by atoms with E-state index in [1.807, 2.05) is 0 Å². The largest absolute Gasteiger partial charge is 0.455 e. The van der Waals surface area contributed by atoms with Crippen molar-refractivity contribution in [2.45, 2.75) is 0 Å². The van der Waals surface area contributed by atoms with Crippen LogP contribution in [0.3, 0.4) is 0 Å². The number of hydrogen-bond donors (Lipinski definition) is 1. The summed E-state index contributed by atoms with van der Waals surface area (Å²) in [6.45, 7) is 0. The van der Waals surface area contributed by atoms with Gasteiger partial charge in [-0.1, -0.05) is 23.2 Å². The van der Waals surface area contributed by atoms with Crippen LogP contribution in [-0.2, 0) is 0 Å². The van der Waals surface area contributed by atoms with Gasteiger partial charge in [0.25, 0.3) is 0 Å². The van der Waals surface area contributed by atoms with Gasteiger partial charge in [0.15, 0.2) is 5.75 Å². The zero-order valence-electron chi connectivity index (χ0n) is 8.58. The van der Waals surface area contributed by atoms with Gasteiger partial charge in [-0.15, -0.1) is 0 Å². The summed E-state index contributed by atoms with van der Waals surface area (Å²) in [6, 6.07) is 8.73. The molecule has 0 unspecified atom stereocenters. The second-order valence-corrected chi connectivity index (χ2v) is 4.17. The molecule has 88 valence electrons. The lowest BCUT2D eigenvalue weighted by molar-refractivity contribution is 0.483. The molecule has 0 aliphatic carbocycles.